The molecule has 0 bridgehead atoms. The predicted molar refractivity (Wildman–Crippen MR) is 89.2 cm³/mol. The molecular formula is C17H20N2O2S. The van der Waals surface area contributed by atoms with Crippen molar-refractivity contribution >= 4 is 23.2 Å². The highest BCUT2D eigenvalue weighted by atomic mass is 32.1. The zero-order valence-electron chi connectivity index (χ0n) is 12.8. The Kier molecular flexibility index (Phi) is 5.72. The fourth-order valence-electron chi connectivity index (χ4n) is 1.91. The first-order valence-corrected chi connectivity index (χ1v) is 8.19. The summed E-state index contributed by atoms with van der Waals surface area (Å²) in [5.41, 5.74) is 1.52. The van der Waals surface area contributed by atoms with Gasteiger partial charge in [0.25, 0.3) is 11.8 Å². The molecule has 0 aliphatic rings. The summed E-state index contributed by atoms with van der Waals surface area (Å²) < 4.78 is 0. The summed E-state index contributed by atoms with van der Waals surface area (Å²) in [6.07, 6.45) is 0.891. The van der Waals surface area contributed by atoms with Crippen molar-refractivity contribution in [1.82, 2.24) is 10.6 Å². The summed E-state index contributed by atoms with van der Waals surface area (Å²) >= 11 is 1.41. The van der Waals surface area contributed by atoms with E-state index in [-0.39, 0.29) is 17.9 Å². The first kappa shape index (κ1) is 16.2. The van der Waals surface area contributed by atoms with E-state index in [2.05, 4.69) is 10.6 Å². The van der Waals surface area contributed by atoms with Crippen molar-refractivity contribution in [3.05, 3.63) is 57.8 Å². The monoisotopic (exact) mass is 316 g/mol. The number of hydrogen-bond donors (Lipinski definition) is 2. The van der Waals surface area contributed by atoms with Gasteiger partial charge in [-0.25, -0.2) is 0 Å². The van der Waals surface area contributed by atoms with Gasteiger partial charge in [-0.1, -0.05) is 25.1 Å². The molecule has 1 atom stereocenters. The molecule has 116 valence electrons. The molecule has 22 heavy (non-hydrogen) atoms. The number of thiophene rings is 1. The van der Waals surface area contributed by atoms with Gasteiger partial charge in [0.05, 0.1) is 4.88 Å². The van der Waals surface area contributed by atoms with Crippen LogP contribution in [0.4, 0.5) is 0 Å². The molecule has 1 aromatic heterocycles. The second-order valence-electron chi connectivity index (χ2n) is 5.14. The average Bonchev–Trinajstić information content (AvgIpc) is 3.07. The molecule has 2 amide bonds. The van der Waals surface area contributed by atoms with E-state index in [4.69, 9.17) is 0 Å². The molecule has 0 unspecified atom stereocenters. The van der Waals surface area contributed by atoms with Crippen molar-refractivity contribution in [3.63, 3.8) is 0 Å². The van der Waals surface area contributed by atoms with E-state index >= 15 is 0 Å². The van der Waals surface area contributed by atoms with E-state index in [0.29, 0.717) is 17.0 Å². The third-order valence-corrected chi connectivity index (χ3v) is 4.25. The maximum Gasteiger partial charge on any atom is 0.261 e. The lowest BCUT2D eigenvalue weighted by molar-refractivity contribution is 0.0937. The van der Waals surface area contributed by atoms with Crippen LogP contribution in [0.1, 0.15) is 45.9 Å². The van der Waals surface area contributed by atoms with Gasteiger partial charge in [-0.2, -0.15) is 0 Å². The molecule has 2 rings (SSSR count). The fraction of sp³-hybridized carbons (Fsp3) is 0.294. The highest BCUT2D eigenvalue weighted by Gasteiger charge is 2.10. The topological polar surface area (TPSA) is 58.2 Å². The van der Waals surface area contributed by atoms with Gasteiger partial charge in [-0.05, 0) is 42.5 Å². The first-order chi connectivity index (χ1) is 10.6. The molecule has 0 spiro atoms. The summed E-state index contributed by atoms with van der Waals surface area (Å²) in [6, 6.07) is 11.1. The molecule has 5 heteroatoms. The zero-order chi connectivity index (χ0) is 15.9. The predicted octanol–water partition coefficient (Wildman–Crippen LogP) is 3.21. The Bertz CT molecular complexity index is 638. The molecule has 0 fully saturated rings. The second kappa shape index (κ2) is 7.75. The quantitative estimate of drug-likeness (QED) is 0.860. The number of hydrogen-bond acceptors (Lipinski definition) is 3. The summed E-state index contributed by atoms with van der Waals surface area (Å²) in [7, 11) is 0. The highest BCUT2D eigenvalue weighted by molar-refractivity contribution is 7.12. The third kappa shape index (κ3) is 4.43. The number of rotatable bonds is 6. The third-order valence-electron chi connectivity index (χ3n) is 3.38. The van der Waals surface area contributed by atoms with Crippen molar-refractivity contribution in [3.8, 4) is 0 Å². The van der Waals surface area contributed by atoms with Crippen LogP contribution in [0.25, 0.3) is 0 Å². The van der Waals surface area contributed by atoms with E-state index in [0.717, 1.165) is 12.0 Å². The van der Waals surface area contributed by atoms with Gasteiger partial charge in [0.15, 0.2) is 0 Å². The van der Waals surface area contributed by atoms with E-state index in [1.807, 2.05) is 43.5 Å². The van der Waals surface area contributed by atoms with Gasteiger partial charge >= 0.3 is 0 Å². The largest absolute Gasteiger partial charge is 0.350 e. The molecule has 0 saturated heterocycles. The normalized spacial score (nSPS) is 11.7. The number of carbonyl (C=O) groups excluding carboxylic acids is 2. The second-order valence-corrected chi connectivity index (χ2v) is 6.09. The van der Waals surface area contributed by atoms with E-state index in [1.54, 1.807) is 12.1 Å². The Balaban J connectivity index is 1.96. The van der Waals surface area contributed by atoms with E-state index < -0.39 is 0 Å². The molecule has 4 nitrogen and oxygen atoms in total. The van der Waals surface area contributed by atoms with Crippen LogP contribution >= 0.6 is 11.3 Å². The van der Waals surface area contributed by atoms with Gasteiger partial charge in [0.1, 0.15) is 0 Å². The van der Waals surface area contributed by atoms with Crippen LogP contribution in [0.3, 0.4) is 0 Å². The molecule has 1 aromatic carbocycles. The summed E-state index contributed by atoms with van der Waals surface area (Å²) in [5.74, 6) is -0.176. The highest BCUT2D eigenvalue weighted by Crippen LogP contribution is 2.10. The lowest BCUT2D eigenvalue weighted by atomic mass is 10.1. The number of benzene rings is 1. The molecule has 1 heterocycles. The Morgan fingerprint density at radius 3 is 2.68 bits per heavy atom. The molecule has 0 aliphatic carbocycles. The van der Waals surface area contributed by atoms with Gasteiger partial charge < -0.3 is 10.6 Å². The van der Waals surface area contributed by atoms with Crippen molar-refractivity contribution in [2.24, 2.45) is 0 Å². The zero-order valence-corrected chi connectivity index (χ0v) is 13.6. The molecule has 0 aliphatic heterocycles. The number of carbonyl (C=O) groups is 2. The molecular weight excluding hydrogens is 296 g/mol. The lowest BCUT2D eigenvalue weighted by Crippen LogP contribution is -2.32. The van der Waals surface area contributed by atoms with Gasteiger partial charge in [-0.3, -0.25) is 9.59 Å². The van der Waals surface area contributed by atoms with Crippen LogP contribution in [0.15, 0.2) is 41.8 Å². The maximum atomic E-state index is 12.1. The maximum absolute atomic E-state index is 12.1. The Morgan fingerprint density at radius 2 is 2.00 bits per heavy atom. The van der Waals surface area contributed by atoms with Crippen LogP contribution in [0, 0.1) is 0 Å². The summed E-state index contributed by atoms with van der Waals surface area (Å²) in [6.45, 7) is 4.41. The summed E-state index contributed by atoms with van der Waals surface area (Å²) in [5, 5.41) is 7.66. The fourth-order valence-corrected chi connectivity index (χ4v) is 2.55. The van der Waals surface area contributed by atoms with Gasteiger partial charge in [0.2, 0.25) is 0 Å². The summed E-state index contributed by atoms with van der Waals surface area (Å²) in [4.78, 5) is 24.7. The number of amides is 2. The molecule has 0 saturated carbocycles. The Morgan fingerprint density at radius 1 is 1.18 bits per heavy atom. The van der Waals surface area contributed by atoms with E-state index in [9.17, 15) is 9.59 Å². The van der Waals surface area contributed by atoms with Crippen LogP contribution in [0.2, 0.25) is 0 Å². The molecule has 0 radical (unpaired) electrons. The standard InChI is InChI=1S/C17H20N2O2S/c1-3-12(2)19-16(20)14-7-4-6-13(10-14)11-18-17(21)15-8-5-9-22-15/h4-10,12H,3,11H2,1-2H3,(H,18,21)(H,19,20)/t12-/m0/s1. The number of nitrogens with one attached hydrogen (secondary N) is 2. The minimum Gasteiger partial charge on any atom is -0.350 e. The van der Waals surface area contributed by atoms with Crippen LogP contribution in [0.5, 0.6) is 0 Å². The van der Waals surface area contributed by atoms with Crippen LogP contribution in [-0.2, 0) is 6.54 Å². The lowest BCUT2D eigenvalue weighted by Gasteiger charge is -2.12. The Labute approximate surface area is 134 Å². The van der Waals surface area contributed by atoms with Gasteiger partial charge in [-0.15, -0.1) is 11.3 Å². The Hall–Kier alpha value is -2.14. The van der Waals surface area contributed by atoms with E-state index in [1.165, 1.54) is 11.3 Å². The minimum absolute atomic E-state index is 0.0826. The smallest absolute Gasteiger partial charge is 0.261 e. The average molecular weight is 316 g/mol. The van der Waals surface area contributed by atoms with Crippen LogP contribution < -0.4 is 10.6 Å². The minimum atomic E-state index is -0.0931. The van der Waals surface area contributed by atoms with Crippen molar-refractivity contribution in [2.45, 2.75) is 32.9 Å². The van der Waals surface area contributed by atoms with Crippen molar-refractivity contribution < 1.29 is 9.59 Å². The SMILES string of the molecule is CC[C@H](C)NC(=O)c1cccc(CNC(=O)c2cccs2)c1. The van der Waals surface area contributed by atoms with Crippen LogP contribution in [-0.4, -0.2) is 17.9 Å². The first-order valence-electron chi connectivity index (χ1n) is 7.31. The molecule has 2 aromatic rings. The van der Waals surface area contributed by atoms with Crippen molar-refractivity contribution in [2.75, 3.05) is 0 Å². The molecule has 2 N–H and O–H groups in total. The van der Waals surface area contributed by atoms with Crippen molar-refractivity contribution in [1.29, 1.82) is 0 Å². The van der Waals surface area contributed by atoms with Gasteiger partial charge in [0, 0.05) is 18.2 Å².